The highest BCUT2D eigenvalue weighted by molar-refractivity contribution is 5.70. The van der Waals surface area contributed by atoms with Crippen LogP contribution in [0.4, 0.5) is 5.69 Å². The lowest BCUT2D eigenvalue weighted by atomic mass is 9.77. The Labute approximate surface area is 138 Å². The van der Waals surface area contributed by atoms with Crippen LogP contribution >= 0.6 is 0 Å². The topological polar surface area (TPSA) is 12.5 Å². The van der Waals surface area contributed by atoms with Crippen LogP contribution in [-0.2, 0) is 10.2 Å². The first-order chi connectivity index (χ1) is 11.1. The van der Waals surface area contributed by atoms with Crippen molar-refractivity contribution in [3.63, 3.8) is 0 Å². The fraction of sp³-hybridized carbons (Fsp3) is 0.333. The Morgan fingerprint density at radius 3 is 2.61 bits per heavy atom. The fourth-order valence-corrected chi connectivity index (χ4v) is 4.11. The molecule has 2 aliphatic rings. The summed E-state index contributed by atoms with van der Waals surface area (Å²) < 4.78 is 6.36. The maximum atomic E-state index is 6.36. The zero-order chi connectivity index (χ0) is 16.1. The van der Waals surface area contributed by atoms with Gasteiger partial charge in [0.1, 0.15) is 0 Å². The SMILES string of the molecule is Cc1ccccc1C=CC12OCCN1c1ccccc1C2(C)C. The first-order valence-corrected chi connectivity index (χ1v) is 8.32. The first-order valence-electron chi connectivity index (χ1n) is 8.32. The van der Waals surface area contributed by atoms with Crippen molar-refractivity contribution in [3.8, 4) is 0 Å². The minimum atomic E-state index is -0.390. The van der Waals surface area contributed by atoms with Crippen LogP contribution < -0.4 is 4.90 Å². The lowest BCUT2D eigenvalue weighted by molar-refractivity contribution is 0.000336. The van der Waals surface area contributed by atoms with Crippen LogP contribution in [0.5, 0.6) is 0 Å². The summed E-state index contributed by atoms with van der Waals surface area (Å²) in [6.45, 7) is 8.45. The van der Waals surface area contributed by atoms with E-state index in [1.165, 1.54) is 22.4 Å². The second-order valence-electron chi connectivity index (χ2n) is 7.03. The van der Waals surface area contributed by atoms with Gasteiger partial charge in [-0.1, -0.05) is 62.4 Å². The number of ether oxygens (including phenoxy) is 1. The van der Waals surface area contributed by atoms with Crippen LogP contribution in [0.15, 0.2) is 54.6 Å². The van der Waals surface area contributed by atoms with E-state index in [9.17, 15) is 0 Å². The highest BCUT2D eigenvalue weighted by Crippen LogP contribution is 2.54. The minimum absolute atomic E-state index is 0.0840. The van der Waals surface area contributed by atoms with E-state index < -0.39 is 0 Å². The summed E-state index contributed by atoms with van der Waals surface area (Å²) in [5.41, 5.74) is 4.75. The fourth-order valence-electron chi connectivity index (χ4n) is 4.11. The Balaban J connectivity index is 1.82. The van der Waals surface area contributed by atoms with E-state index in [0.29, 0.717) is 0 Å². The largest absolute Gasteiger partial charge is 0.349 e. The molecule has 0 radical (unpaired) electrons. The number of fused-ring (bicyclic) bond motifs is 3. The van der Waals surface area contributed by atoms with Crippen LogP contribution in [0.1, 0.15) is 30.5 Å². The molecule has 2 aromatic rings. The molecule has 0 N–H and O–H groups in total. The molecule has 2 heterocycles. The lowest BCUT2D eigenvalue weighted by Crippen LogP contribution is -2.51. The molecule has 2 nitrogen and oxygen atoms in total. The quantitative estimate of drug-likeness (QED) is 0.808. The molecule has 0 amide bonds. The van der Waals surface area contributed by atoms with Gasteiger partial charge in [0.05, 0.1) is 6.61 Å². The second kappa shape index (κ2) is 4.97. The molecule has 1 atom stereocenters. The predicted molar refractivity (Wildman–Crippen MR) is 95.7 cm³/mol. The highest BCUT2D eigenvalue weighted by Gasteiger charge is 2.58. The smallest absolute Gasteiger partial charge is 0.170 e. The van der Waals surface area contributed by atoms with E-state index in [0.717, 1.165) is 13.2 Å². The third kappa shape index (κ3) is 1.91. The van der Waals surface area contributed by atoms with Gasteiger partial charge in [-0.3, -0.25) is 0 Å². The van der Waals surface area contributed by atoms with Gasteiger partial charge < -0.3 is 9.64 Å². The molecule has 0 aromatic heterocycles. The molecule has 0 spiro atoms. The van der Waals surface area contributed by atoms with Crippen molar-refractivity contribution in [2.45, 2.75) is 31.9 Å². The van der Waals surface area contributed by atoms with Crippen molar-refractivity contribution in [3.05, 3.63) is 71.3 Å². The molecule has 0 saturated carbocycles. The van der Waals surface area contributed by atoms with Gasteiger partial charge in [0, 0.05) is 17.6 Å². The second-order valence-corrected chi connectivity index (χ2v) is 7.03. The molecule has 1 unspecified atom stereocenters. The number of aryl methyl sites for hydroxylation is 1. The van der Waals surface area contributed by atoms with Gasteiger partial charge in [-0.2, -0.15) is 0 Å². The number of anilines is 1. The van der Waals surface area contributed by atoms with Crippen molar-refractivity contribution in [2.75, 3.05) is 18.1 Å². The Bertz CT molecular complexity index is 777. The van der Waals surface area contributed by atoms with Gasteiger partial charge in [0.25, 0.3) is 0 Å². The summed E-state index contributed by atoms with van der Waals surface area (Å²) in [6.07, 6.45) is 4.49. The molecular formula is C21H23NO. The van der Waals surface area contributed by atoms with E-state index in [-0.39, 0.29) is 11.1 Å². The zero-order valence-corrected chi connectivity index (χ0v) is 14.0. The molecule has 23 heavy (non-hydrogen) atoms. The van der Waals surface area contributed by atoms with Gasteiger partial charge in [0.15, 0.2) is 5.72 Å². The normalized spacial score (nSPS) is 24.9. The van der Waals surface area contributed by atoms with E-state index in [2.05, 4.69) is 86.4 Å². The van der Waals surface area contributed by atoms with Crippen LogP contribution in [-0.4, -0.2) is 18.9 Å². The standard InChI is InChI=1S/C21H23NO/c1-16-8-4-5-9-17(16)12-13-21-20(2,3)18-10-6-7-11-19(18)22(21)14-15-23-21/h4-13H,14-15H2,1-3H3. The van der Waals surface area contributed by atoms with E-state index in [1.807, 2.05) is 0 Å². The summed E-state index contributed by atoms with van der Waals surface area (Å²) in [7, 11) is 0. The Hall–Kier alpha value is -2.06. The number of nitrogens with zero attached hydrogens (tertiary/aromatic N) is 1. The van der Waals surface area contributed by atoms with E-state index >= 15 is 0 Å². The van der Waals surface area contributed by atoms with Crippen molar-refractivity contribution < 1.29 is 4.74 Å². The maximum Gasteiger partial charge on any atom is 0.170 e. The summed E-state index contributed by atoms with van der Waals surface area (Å²) in [4.78, 5) is 2.43. The number of hydrogen-bond donors (Lipinski definition) is 0. The van der Waals surface area contributed by atoms with Gasteiger partial charge in [-0.05, 0) is 35.8 Å². The van der Waals surface area contributed by atoms with Crippen LogP contribution in [0, 0.1) is 6.92 Å². The average Bonchev–Trinajstić information content (AvgIpc) is 3.05. The maximum absolute atomic E-state index is 6.36. The number of hydrogen-bond acceptors (Lipinski definition) is 2. The first kappa shape index (κ1) is 14.5. The number of para-hydroxylation sites is 1. The molecule has 1 saturated heterocycles. The van der Waals surface area contributed by atoms with Crippen LogP contribution in [0.2, 0.25) is 0 Å². The summed E-state index contributed by atoms with van der Waals surface area (Å²) in [5.74, 6) is 0. The van der Waals surface area contributed by atoms with Crippen molar-refractivity contribution >= 4 is 11.8 Å². The third-order valence-corrected chi connectivity index (χ3v) is 5.48. The monoisotopic (exact) mass is 305 g/mol. The van der Waals surface area contributed by atoms with Gasteiger partial charge in [-0.15, -0.1) is 0 Å². The minimum Gasteiger partial charge on any atom is -0.349 e. The van der Waals surface area contributed by atoms with Crippen molar-refractivity contribution in [2.24, 2.45) is 0 Å². The summed E-state index contributed by atoms with van der Waals surface area (Å²) >= 11 is 0. The molecule has 0 bridgehead atoms. The molecule has 4 rings (SSSR count). The Morgan fingerprint density at radius 1 is 1.04 bits per heavy atom. The molecule has 1 fully saturated rings. The summed E-state index contributed by atoms with van der Waals surface area (Å²) in [6, 6.07) is 17.2. The molecule has 0 aliphatic carbocycles. The van der Waals surface area contributed by atoms with Crippen molar-refractivity contribution in [1.29, 1.82) is 0 Å². The van der Waals surface area contributed by atoms with Gasteiger partial charge >= 0.3 is 0 Å². The predicted octanol–water partition coefficient (Wildman–Crippen LogP) is 4.53. The highest BCUT2D eigenvalue weighted by atomic mass is 16.5. The van der Waals surface area contributed by atoms with Gasteiger partial charge in [-0.25, -0.2) is 0 Å². The third-order valence-electron chi connectivity index (χ3n) is 5.48. The van der Waals surface area contributed by atoms with Crippen molar-refractivity contribution in [1.82, 2.24) is 0 Å². The molecule has 2 aliphatic heterocycles. The van der Waals surface area contributed by atoms with Gasteiger partial charge in [0.2, 0.25) is 0 Å². The molecular weight excluding hydrogens is 282 g/mol. The zero-order valence-electron chi connectivity index (χ0n) is 14.0. The molecule has 2 aromatic carbocycles. The Kier molecular flexibility index (Phi) is 3.14. The average molecular weight is 305 g/mol. The lowest BCUT2D eigenvalue weighted by Gasteiger charge is -2.39. The van der Waals surface area contributed by atoms with Crippen LogP contribution in [0.3, 0.4) is 0 Å². The number of rotatable bonds is 2. The van der Waals surface area contributed by atoms with E-state index in [1.54, 1.807) is 0 Å². The molecule has 2 heteroatoms. The summed E-state index contributed by atoms with van der Waals surface area (Å²) in [5, 5.41) is 0. The molecule has 118 valence electrons. The Morgan fingerprint density at radius 2 is 1.78 bits per heavy atom. The van der Waals surface area contributed by atoms with Crippen LogP contribution in [0.25, 0.3) is 6.08 Å². The number of benzene rings is 2. The van der Waals surface area contributed by atoms with E-state index in [4.69, 9.17) is 4.74 Å².